The van der Waals surface area contributed by atoms with E-state index < -0.39 is 4.92 Å². The highest BCUT2D eigenvalue weighted by atomic mass is 35.5. The van der Waals surface area contributed by atoms with Gasteiger partial charge in [0.25, 0.3) is 5.69 Å². The molecule has 2 saturated carbocycles. The zero-order valence-corrected chi connectivity index (χ0v) is 17.9. The van der Waals surface area contributed by atoms with Crippen molar-refractivity contribution in [3.63, 3.8) is 0 Å². The van der Waals surface area contributed by atoms with Crippen LogP contribution >= 0.6 is 24.8 Å². The topological polar surface area (TPSA) is 114 Å². The van der Waals surface area contributed by atoms with Gasteiger partial charge in [0.05, 0.1) is 4.92 Å². The highest BCUT2D eigenvalue weighted by Crippen LogP contribution is 2.42. The lowest BCUT2D eigenvalue weighted by Gasteiger charge is -2.44. The summed E-state index contributed by atoms with van der Waals surface area (Å²) in [5.41, 5.74) is 6.33. The van der Waals surface area contributed by atoms with Gasteiger partial charge in [-0.05, 0) is 50.0 Å². The van der Waals surface area contributed by atoms with E-state index in [1.54, 1.807) is 6.07 Å². The maximum Gasteiger partial charge on any atom is 0.287 e. The molecule has 10 heteroatoms. The predicted octanol–water partition coefficient (Wildman–Crippen LogP) is 3.00. The highest BCUT2D eigenvalue weighted by molar-refractivity contribution is 5.85. The van der Waals surface area contributed by atoms with Crippen LogP contribution in [0, 0.1) is 27.9 Å². The zero-order chi connectivity index (χ0) is 19.0. The van der Waals surface area contributed by atoms with Gasteiger partial charge in [0.15, 0.2) is 0 Å². The number of likely N-dealkylation sites (tertiary alicyclic amines) is 1. The van der Waals surface area contributed by atoms with Crippen LogP contribution < -0.4 is 11.1 Å². The molecule has 1 amide bonds. The van der Waals surface area contributed by atoms with Gasteiger partial charge in [0.1, 0.15) is 12.0 Å². The van der Waals surface area contributed by atoms with Crippen molar-refractivity contribution >= 4 is 42.2 Å². The Bertz CT molecular complexity index is 706. The molecule has 29 heavy (non-hydrogen) atoms. The fourth-order valence-electron chi connectivity index (χ4n) is 5.12. The minimum Gasteiger partial charge on any atom is -0.365 e. The summed E-state index contributed by atoms with van der Waals surface area (Å²) in [5.74, 6) is 2.02. The number of hydrogen-bond donors (Lipinski definition) is 2. The summed E-state index contributed by atoms with van der Waals surface area (Å²) < 4.78 is 0. The number of fused-ring (bicyclic) bond motifs is 2. The minimum absolute atomic E-state index is 0. The number of rotatable bonds is 4. The highest BCUT2D eigenvalue weighted by Gasteiger charge is 2.42. The molecular weight excluding hydrogens is 417 g/mol. The number of carbonyl (C=O) groups is 1. The Kier molecular flexibility index (Phi) is 8.08. The molecule has 3 fully saturated rings. The van der Waals surface area contributed by atoms with E-state index in [1.165, 1.54) is 18.7 Å². The van der Waals surface area contributed by atoms with Gasteiger partial charge in [-0.25, -0.2) is 4.98 Å². The van der Waals surface area contributed by atoms with Gasteiger partial charge in [0.2, 0.25) is 5.91 Å². The van der Waals surface area contributed by atoms with Crippen molar-refractivity contribution < 1.29 is 9.72 Å². The summed E-state index contributed by atoms with van der Waals surface area (Å²) in [6.07, 6.45) is 7.58. The van der Waals surface area contributed by atoms with Gasteiger partial charge < -0.3 is 16.0 Å². The third-order valence-corrected chi connectivity index (χ3v) is 6.57. The van der Waals surface area contributed by atoms with Crippen LogP contribution in [0.2, 0.25) is 0 Å². The molecule has 3 unspecified atom stereocenters. The van der Waals surface area contributed by atoms with E-state index in [4.69, 9.17) is 5.73 Å². The minimum atomic E-state index is -0.460. The Morgan fingerprint density at radius 2 is 1.90 bits per heavy atom. The Hall–Kier alpha value is -1.64. The number of amides is 1. The Balaban J connectivity index is 0.00000150. The molecule has 3 N–H and O–H groups in total. The Morgan fingerprint density at radius 1 is 1.21 bits per heavy atom. The largest absolute Gasteiger partial charge is 0.365 e. The van der Waals surface area contributed by atoms with Crippen molar-refractivity contribution in [2.24, 2.45) is 23.5 Å². The van der Waals surface area contributed by atoms with Crippen LogP contribution in [0.25, 0.3) is 0 Å². The van der Waals surface area contributed by atoms with Crippen LogP contribution in [-0.4, -0.2) is 45.9 Å². The summed E-state index contributed by atoms with van der Waals surface area (Å²) in [6, 6.07) is 3.47. The van der Waals surface area contributed by atoms with Crippen molar-refractivity contribution in [1.82, 2.24) is 9.88 Å². The molecule has 2 bridgehead atoms. The van der Waals surface area contributed by atoms with Crippen molar-refractivity contribution in [2.75, 3.05) is 18.4 Å². The van der Waals surface area contributed by atoms with E-state index in [0.29, 0.717) is 24.2 Å². The van der Waals surface area contributed by atoms with Gasteiger partial charge in [0, 0.05) is 37.2 Å². The molecule has 3 atom stereocenters. The maximum absolute atomic E-state index is 13.0. The fourth-order valence-corrected chi connectivity index (χ4v) is 5.12. The number of nitrogens with one attached hydrogen (secondary N) is 1. The van der Waals surface area contributed by atoms with Gasteiger partial charge in [-0.2, -0.15) is 0 Å². The van der Waals surface area contributed by atoms with Crippen LogP contribution in [0.1, 0.15) is 38.5 Å². The number of nitrogens with two attached hydrogens (primary N) is 1. The first-order chi connectivity index (χ1) is 13.0. The number of nitro groups is 1. The second-order valence-electron chi connectivity index (χ2n) is 8.27. The molecule has 4 rings (SSSR count). The number of aromatic nitrogens is 1. The molecule has 0 aromatic carbocycles. The summed E-state index contributed by atoms with van der Waals surface area (Å²) in [5, 5.41) is 14.0. The van der Waals surface area contributed by atoms with Crippen LogP contribution in [0.4, 0.5) is 11.5 Å². The first-order valence-electron chi connectivity index (χ1n) is 9.92. The smallest absolute Gasteiger partial charge is 0.287 e. The molecule has 2 aliphatic carbocycles. The summed E-state index contributed by atoms with van der Waals surface area (Å²) in [6.45, 7) is 1.41. The molecule has 3 aliphatic rings. The monoisotopic (exact) mass is 445 g/mol. The van der Waals surface area contributed by atoms with E-state index in [0.717, 1.165) is 38.6 Å². The van der Waals surface area contributed by atoms with Crippen molar-refractivity contribution in [2.45, 2.75) is 50.6 Å². The average Bonchev–Trinajstić information content (AvgIpc) is 3.10. The molecule has 1 aliphatic heterocycles. The molecule has 0 radical (unpaired) electrons. The van der Waals surface area contributed by atoms with E-state index in [-0.39, 0.29) is 54.4 Å². The van der Waals surface area contributed by atoms with Crippen molar-refractivity contribution in [3.05, 3.63) is 28.4 Å². The Morgan fingerprint density at radius 3 is 2.48 bits per heavy atom. The van der Waals surface area contributed by atoms with E-state index >= 15 is 0 Å². The lowest BCUT2D eigenvalue weighted by atomic mass is 9.65. The summed E-state index contributed by atoms with van der Waals surface area (Å²) in [7, 11) is 0. The Labute approximate surface area is 183 Å². The summed E-state index contributed by atoms with van der Waals surface area (Å²) >= 11 is 0. The molecule has 162 valence electrons. The normalized spacial score (nSPS) is 30.7. The zero-order valence-electron chi connectivity index (χ0n) is 16.2. The van der Waals surface area contributed by atoms with Gasteiger partial charge >= 0.3 is 0 Å². The number of pyridine rings is 1. The third kappa shape index (κ3) is 5.10. The van der Waals surface area contributed by atoms with Crippen LogP contribution in [0.3, 0.4) is 0 Å². The van der Waals surface area contributed by atoms with Crippen LogP contribution in [-0.2, 0) is 4.79 Å². The van der Waals surface area contributed by atoms with E-state index in [9.17, 15) is 14.9 Å². The number of anilines is 1. The number of hydrogen-bond acceptors (Lipinski definition) is 6. The quantitative estimate of drug-likeness (QED) is 0.543. The number of nitrogens with zero attached hydrogens (tertiary/aromatic N) is 3. The summed E-state index contributed by atoms with van der Waals surface area (Å²) in [4.78, 5) is 29.3. The average molecular weight is 446 g/mol. The van der Waals surface area contributed by atoms with Crippen LogP contribution in [0.5, 0.6) is 0 Å². The molecule has 0 spiro atoms. The molecule has 2 heterocycles. The first-order valence-corrected chi connectivity index (χ1v) is 9.92. The van der Waals surface area contributed by atoms with Gasteiger partial charge in [-0.1, -0.05) is 6.42 Å². The molecular formula is C19H29Cl2N5O3. The maximum atomic E-state index is 13.0. The predicted molar refractivity (Wildman–Crippen MR) is 116 cm³/mol. The van der Waals surface area contributed by atoms with Crippen molar-refractivity contribution in [3.8, 4) is 0 Å². The van der Waals surface area contributed by atoms with E-state index in [2.05, 4.69) is 10.3 Å². The van der Waals surface area contributed by atoms with E-state index in [1.807, 2.05) is 4.90 Å². The third-order valence-electron chi connectivity index (χ3n) is 6.57. The van der Waals surface area contributed by atoms with Crippen molar-refractivity contribution in [1.29, 1.82) is 0 Å². The second-order valence-corrected chi connectivity index (χ2v) is 8.27. The lowest BCUT2D eigenvalue weighted by Crippen LogP contribution is -2.49. The first kappa shape index (κ1) is 23.6. The lowest BCUT2D eigenvalue weighted by molar-refractivity contribution is -0.385. The standard InChI is InChI=1S/C19H27N5O3.2ClH/c20-18-12-2-1-3-13(18)9-14(8-12)19(25)23-7-6-15(11-23)22-17-5-4-16(10-21-17)24(26)27;;/h4-5,10,12-15,18H,1-3,6-9,11,20H2,(H,21,22);2*1H. The number of carbonyl (C=O) groups excluding carboxylic acids is 1. The second kappa shape index (κ2) is 9.91. The van der Waals surface area contributed by atoms with Gasteiger partial charge in [-0.15, -0.1) is 24.8 Å². The molecule has 8 nitrogen and oxygen atoms in total. The molecule has 1 aromatic rings. The fraction of sp³-hybridized carbons (Fsp3) is 0.684. The van der Waals surface area contributed by atoms with Gasteiger partial charge in [-0.3, -0.25) is 14.9 Å². The van der Waals surface area contributed by atoms with Crippen LogP contribution in [0.15, 0.2) is 18.3 Å². The SMILES string of the molecule is Cl.Cl.NC1C2CCCC1CC(C(=O)N1CCC(Nc3ccc([N+](=O)[O-])cn3)C1)C2. The molecule has 1 aromatic heterocycles. The molecule has 1 saturated heterocycles. The number of halogens is 2.